The molecule has 5 rings (SSSR count). The number of benzene rings is 3. The summed E-state index contributed by atoms with van der Waals surface area (Å²) in [6, 6.07) is 24.9. The van der Waals surface area contributed by atoms with E-state index in [2.05, 4.69) is 15.5 Å². The van der Waals surface area contributed by atoms with Crippen LogP contribution >= 0.6 is 11.3 Å². The molecule has 4 aromatic rings. The molecular weight excluding hydrogens is 805 g/mol. The number of esters is 1. The number of nitrogens with zero attached hydrogens (tertiary/aromatic N) is 4. The van der Waals surface area contributed by atoms with Gasteiger partial charge in [-0.15, -0.1) is 11.3 Å². The van der Waals surface area contributed by atoms with E-state index in [0.717, 1.165) is 11.3 Å². The fourth-order valence-electron chi connectivity index (χ4n) is 5.95. The predicted molar refractivity (Wildman–Crippen MR) is 230 cm³/mol. The zero-order chi connectivity index (χ0) is 44.3. The van der Waals surface area contributed by atoms with Gasteiger partial charge in [0, 0.05) is 23.5 Å². The number of hydrogen-bond acceptors (Lipinski definition) is 13. The second kappa shape index (κ2) is 20.2. The smallest absolute Gasteiger partial charge is 0.413 e. The summed E-state index contributed by atoms with van der Waals surface area (Å²) >= 11 is 1.01. The molecule has 16 nitrogen and oxygen atoms in total. The van der Waals surface area contributed by atoms with Gasteiger partial charge in [0.2, 0.25) is 5.71 Å². The van der Waals surface area contributed by atoms with E-state index >= 15 is 0 Å². The summed E-state index contributed by atoms with van der Waals surface area (Å²) in [6.45, 7) is 12.8. The number of aliphatic carboxylic acids is 1. The number of ether oxygens (including phenoxy) is 4. The van der Waals surface area contributed by atoms with Crippen molar-refractivity contribution in [3.05, 3.63) is 112 Å². The maximum atomic E-state index is 14.0. The third-order valence-electron chi connectivity index (χ3n) is 8.79. The number of carboxylic acids is 1. The molecule has 0 aliphatic carbocycles. The van der Waals surface area contributed by atoms with Crippen molar-refractivity contribution in [2.75, 3.05) is 25.0 Å². The van der Waals surface area contributed by atoms with Gasteiger partial charge in [-0.05, 0) is 96.7 Å². The van der Waals surface area contributed by atoms with Crippen molar-refractivity contribution in [1.29, 1.82) is 0 Å². The Hall–Kier alpha value is -6.49. The summed E-state index contributed by atoms with van der Waals surface area (Å²) in [5.74, 6) is -1.74. The first-order valence-corrected chi connectivity index (χ1v) is 20.5. The number of aromatic nitrogens is 1. The van der Waals surface area contributed by atoms with Crippen LogP contribution in [0.3, 0.4) is 0 Å². The number of carbonyl (C=O) groups excluding carboxylic acids is 3. The molecule has 2 heterocycles. The molecule has 17 heteroatoms. The highest BCUT2D eigenvalue weighted by Gasteiger charge is 2.31. The summed E-state index contributed by atoms with van der Waals surface area (Å²) in [4.78, 5) is 68.1. The third-order valence-corrected chi connectivity index (χ3v) is 9.68. The molecule has 0 radical (unpaired) electrons. The second-order valence-electron chi connectivity index (χ2n) is 16.1. The minimum absolute atomic E-state index is 0.0706. The number of piperidine rings is 1. The Bertz CT molecular complexity index is 2150. The van der Waals surface area contributed by atoms with Gasteiger partial charge in [-0.25, -0.2) is 24.2 Å². The van der Waals surface area contributed by atoms with Crippen LogP contribution in [0.1, 0.15) is 87.7 Å². The van der Waals surface area contributed by atoms with Crippen molar-refractivity contribution in [2.45, 2.75) is 90.8 Å². The monoisotopic (exact) mass is 856 g/mol. The molecule has 1 saturated heterocycles. The van der Waals surface area contributed by atoms with Crippen LogP contribution in [0.5, 0.6) is 5.75 Å². The van der Waals surface area contributed by atoms with Crippen molar-refractivity contribution < 1.29 is 48.1 Å². The summed E-state index contributed by atoms with van der Waals surface area (Å²) in [5, 5.41) is 16.7. The van der Waals surface area contributed by atoms with Crippen LogP contribution in [-0.4, -0.2) is 93.7 Å². The fourth-order valence-corrected chi connectivity index (χ4v) is 6.75. The average molecular weight is 857 g/mol. The maximum Gasteiger partial charge on any atom is 0.413 e. The molecule has 1 aromatic heterocycles. The number of amidine groups is 1. The number of nitrogens with one attached hydrogen (secondary N) is 1. The Morgan fingerprint density at radius 2 is 1.46 bits per heavy atom. The first-order chi connectivity index (χ1) is 28.8. The minimum atomic E-state index is -1.57. The minimum Gasteiger partial charge on any atom is -0.489 e. The number of anilines is 1. The SMILES string of the molecule is Cc1sc(NC(=O)OC(C)(C)C)nc1/C(=N/O[C@@H](COc1ccc(C(N)=NC2CCN(C(=O)OC(C)(C)C)CC2)cc1)C(=O)OC(c1ccccc1)c1ccccc1)C(=O)O. The second-order valence-corrected chi connectivity index (χ2v) is 17.3. The molecule has 2 amide bonds. The van der Waals surface area contributed by atoms with E-state index in [1.807, 2.05) is 81.4 Å². The van der Waals surface area contributed by atoms with Gasteiger partial charge in [-0.3, -0.25) is 10.3 Å². The summed E-state index contributed by atoms with van der Waals surface area (Å²) < 4.78 is 22.8. The Labute approximate surface area is 358 Å². The number of carboxylic acid groups (broad SMARTS) is 1. The average Bonchev–Trinajstić information content (AvgIpc) is 3.55. The van der Waals surface area contributed by atoms with Crippen LogP contribution in [0.15, 0.2) is 95.1 Å². The number of oxime groups is 1. The van der Waals surface area contributed by atoms with E-state index in [9.17, 15) is 24.3 Å². The lowest BCUT2D eigenvalue weighted by molar-refractivity contribution is -0.163. The molecule has 0 saturated carbocycles. The number of amides is 2. The number of nitrogens with two attached hydrogens (primary N) is 1. The Balaban J connectivity index is 1.33. The van der Waals surface area contributed by atoms with E-state index in [1.165, 1.54) is 0 Å². The Kier molecular flexibility index (Phi) is 15.1. The predicted octanol–water partition coefficient (Wildman–Crippen LogP) is 7.49. The van der Waals surface area contributed by atoms with Gasteiger partial charge in [-0.1, -0.05) is 65.8 Å². The molecule has 0 bridgehead atoms. The number of thiazole rings is 1. The van der Waals surface area contributed by atoms with Crippen LogP contribution in [0.4, 0.5) is 14.7 Å². The maximum absolute atomic E-state index is 14.0. The standard InChI is InChI=1S/C44H52N6O10S/c1-27-34(47-40(61-27)48-41(54)58-43(2,3)4)35(38(51)52)49-60-33(39(53)57-36(28-14-10-8-11-15-28)29-16-12-9-13-17-29)26-56-32-20-18-30(19-21-32)37(45)46-31-22-24-50(25-23-31)42(55)59-44(5,6)7/h8-21,31,33,36H,22-26H2,1-7H3,(H2,45,46)(H,51,52)(H,47,48,54)/b49-35-/t33-/m0/s1. The first-order valence-electron chi connectivity index (χ1n) is 19.6. The van der Waals surface area contributed by atoms with Gasteiger partial charge in [-0.2, -0.15) is 0 Å². The number of carbonyl (C=O) groups is 4. The molecule has 3 aromatic carbocycles. The fraction of sp³-hybridized carbons (Fsp3) is 0.386. The normalized spacial score (nSPS) is 14.5. The lowest BCUT2D eigenvalue weighted by Crippen LogP contribution is -2.42. The van der Waals surface area contributed by atoms with E-state index in [-0.39, 0.29) is 23.0 Å². The Morgan fingerprint density at radius 1 is 0.885 bits per heavy atom. The van der Waals surface area contributed by atoms with Crippen molar-refractivity contribution in [3.8, 4) is 5.75 Å². The highest BCUT2D eigenvalue weighted by Crippen LogP contribution is 2.28. The lowest BCUT2D eigenvalue weighted by atomic mass is 10.0. The number of rotatable bonds is 14. The number of aryl methyl sites for hydroxylation is 1. The van der Waals surface area contributed by atoms with Crippen molar-refractivity contribution in [2.24, 2.45) is 15.9 Å². The first kappa shape index (κ1) is 45.6. The van der Waals surface area contributed by atoms with E-state index in [1.54, 1.807) is 56.9 Å². The molecule has 0 spiro atoms. The molecule has 61 heavy (non-hydrogen) atoms. The zero-order valence-electron chi connectivity index (χ0n) is 35.2. The Morgan fingerprint density at radius 3 is 2.00 bits per heavy atom. The van der Waals surface area contributed by atoms with E-state index in [0.29, 0.717) is 59.1 Å². The molecule has 1 aliphatic heterocycles. The third kappa shape index (κ3) is 13.8. The van der Waals surface area contributed by atoms with Gasteiger partial charge in [0.25, 0.3) is 6.10 Å². The summed E-state index contributed by atoms with van der Waals surface area (Å²) in [5.41, 5.74) is 6.32. The highest BCUT2D eigenvalue weighted by atomic mass is 32.1. The van der Waals surface area contributed by atoms with Gasteiger partial charge in [0.15, 0.2) is 11.2 Å². The van der Waals surface area contributed by atoms with Crippen LogP contribution in [0, 0.1) is 6.92 Å². The zero-order valence-corrected chi connectivity index (χ0v) is 36.1. The van der Waals surface area contributed by atoms with Crippen LogP contribution < -0.4 is 15.8 Å². The van der Waals surface area contributed by atoms with Gasteiger partial charge in [0.1, 0.15) is 35.1 Å². The molecular formula is C44H52N6O10S. The van der Waals surface area contributed by atoms with E-state index in [4.69, 9.17) is 34.5 Å². The molecule has 1 aliphatic rings. The largest absolute Gasteiger partial charge is 0.489 e. The van der Waals surface area contributed by atoms with Gasteiger partial charge < -0.3 is 39.5 Å². The quantitative estimate of drug-likeness (QED) is 0.0370. The number of hydrogen-bond donors (Lipinski definition) is 3. The summed E-state index contributed by atoms with van der Waals surface area (Å²) in [6.07, 6.45) is -2.28. The van der Waals surface area contributed by atoms with Crippen molar-refractivity contribution in [1.82, 2.24) is 9.88 Å². The topological polar surface area (TPSA) is 214 Å². The molecule has 4 N–H and O–H groups in total. The van der Waals surface area contributed by atoms with Crippen LogP contribution in [0.2, 0.25) is 0 Å². The summed E-state index contributed by atoms with van der Waals surface area (Å²) in [7, 11) is 0. The van der Waals surface area contributed by atoms with Crippen molar-refractivity contribution in [3.63, 3.8) is 0 Å². The molecule has 324 valence electrons. The highest BCUT2D eigenvalue weighted by molar-refractivity contribution is 7.16. The van der Waals surface area contributed by atoms with Gasteiger partial charge >= 0.3 is 24.1 Å². The lowest BCUT2D eigenvalue weighted by Gasteiger charge is -2.32. The van der Waals surface area contributed by atoms with Crippen molar-refractivity contribution >= 4 is 52.1 Å². The molecule has 1 fully saturated rings. The van der Waals surface area contributed by atoms with Crippen LogP contribution in [0.25, 0.3) is 0 Å². The number of likely N-dealkylation sites (tertiary alicyclic amines) is 1. The number of aliphatic imine (C=N–C) groups is 1. The molecule has 0 unspecified atom stereocenters. The van der Waals surface area contributed by atoms with Gasteiger partial charge in [0.05, 0.1) is 6.04 Å². The van der Waals surface area contributed by atoms with Crippen LogP contribution in [-0.2, 0) is 28.6 Å². The molecule has 1 atom stereocenters. The van der Waals surface area contributed by atoms with E-state index < -0.39 is 53.8 Å².